The Morgan fingerprint density at radius 1 is 1.12 bits per heavy atom. The summed E-state index contributed by atoms with van der Waals surface area (Å²) in [6, 6.07) is 5.52. The third kappa shape index (κ3) is 4.10. The minimum absolute atomic E-state index is 0.00960. The second kappa shape index (κ2) is 8.92. The fourth-order valence-electron chi connectivity index (χ4n) is 5.20. The van der Waals surface area contributed by atoms with Gasteiger partial charge in [0.1, 0.15) is 0 Å². The minimum Gasteiger partial charge on any atom is -0.343 e. The van der Waals surface area contributed by atoms with E-state index in [4.69, 9.17) is 10.1 Å². The fourth-order valence-corrected chi connectivity index (χ4v) is 5.20. The van der Waals surface area contributed by atoms with Crippen LogP contribution in [-0.4, -0.2) is 60.8 Å². The highest BCUT2D eigenvalue weighted by molar-refractivity contribution is 5.94. The number of nitrogens with zero attached hydrogens (tertiary/aromatic N) is 6. The van der Waals surface area contributed by atoms with Gasteiger partial charge in [-0.1, -0.05) is 0 Å². The second-order valence-corrected chi connectivity index (χ2v) is 9.09. The predicted molar refractivity (Wildman–Crippen MR) is 124 cm³/mol. The molecule has 2 amide bonds. The van der Waals surface area contributed by atoms with Gasteiger partial charge in [-0.05, 0) is 63.6 Å². The van der Waals surface area contributed by atoms with Crippen LogP contribution in [0.3, 0.4) is 0 Å². The van der Waals surface area contributed by atoms with Gasteiger partial charge in [0, 0.05) is 55.9 Å². The molecule has 8 nitrogen and oxygen atoms in total. The molecule has 5 rings (SSSR count). The van der Waals surface area contributed by atoms with Gasteiger partial charge in [-0.2, -0.15) is 5.10 Å². The quantitative estimate of drug-likeness (QED) is 0.601. The van der Waals surface area contributed by atoms with Crippen LogP contribution in [0, 0.1) is 13.8 Å². The maximum absolute atomic E-state index is 13.1. The number of pyridine rings is 1. The number of hydrogen-bond donors (Lipinski definition) is 0. The van der Waals surface area contributed by atoms with Crippen LogP contribution in [0.2, 0.25) is 0 Å². The SMILES string of the molecule is Cc1nc2cc([C@@H]3CCCN3C(=O)c3cccnc3)nn2c(C)c1CCC(=O)N1CCCC1. The topological polar surface area (TPSA) is 83.7 Å². The molecule has 0 aliphatic carbocycles. The minimum atomic E-state index is -0.0701. The number of carbonyl (C=O) groups is 2. The van der Waals surface area contributed by atoms with Crippen molar-refractivity contribution in [3.05, 3.63) is 58.8 Å². The van der Waals surface area contributed by atoms with Gasteiger partial charge in [0.05, 0.1) is 17.3 Å². The highest BCUT2D eigenvalue weighted by atomic mass is 16.2. The van der Waals surface area contributed by atoms with Crippen molar-refractivity contribution in [2.24, 2.45) is 0 Å². The Labute approximate surface area is 193 Å². The van der Waals surface area contributed by atoms with E-state index < -0.39 is 0 Å². The zero-order valence-electron chi connectivity index (χ0n) is 19.3. The number of likely N-dealkylation sites (tertiary alicyclic amines) is 2. The van der Waals surface area contributed by atoms with Crippen LogP contribution in [0.5, 0.6) is 0 Å². The van der Waals surface area contributed by atoms with Gasteiger partial charge >= 0.3 is 0 Å². The zero-order valence-corrected chi connectivity index (χ0v) is 19.3. The Hall–Kier alpha value is -3.29. The Balaban J connectivity index is 1.39. The molecule has 0 spiro atoms. The van der Waals surface area contributed by atoms with E-state index in [0.29, 0.717) is 24.9 Å². The van der Waals surface area contributed by atoms with Gasteiger partial charge in [0.2, 0.25) is 5.91 Å². The number of amides is 2. The van der Waals surface area contributed by atoms with Crippen LogP contribution in [0.4, 0.5) is 0 Å². The lowest BCUT2D eigenvalue weighted by Crippen LogP contribution is -2.30. The van der Waals surface area contributed by atoms with Crippen LogP contribution < -0.4 is 0 Å². The summed E-state index contributed by atoms with van der Waals surface area (Å²) < 4.78 is 1.88. The van der Waals surface area contributed by atoms with Crippen LogP contribution in [-0.2, 0) is 11.2 Å². The monoisotopic (exact) mass is 446 g/mol. The first-order chi connectivity index (χ1) is 16.0. The average molecular weight is 447 g/mol. The normalized spacial score (nSPS) is 18.4. The second-order valence-electron chi connectivity index (χ2n) is 9.09. The first kappa shape index (κ1) is 21.6. The average Bonchev–Trinajstić information content (AvgIpc) is 3.59. The molecule has 0 unspecified atom stereocenters. The predicted octanol–water partition coefficient (Wildman–Crippen LogP) is 3.27. The van der Waals surface area contributed by atoms with Crippen LogP contribution in [0.25, 0.3) is 5.65 Å². The number of aromatic nitrogens is 4. The molecule has 0 N–H and O–H groups in total. The number of fused-ring (bicyclic) bond motifs is 1. The molecule has 33 heavy (non-hydrogen) atoms. The van der Waals surface area contributed by atoms with E-state index >= 15 is 0 Å². The van der Waals surface area contributed by atoms with E-state index in [1.165, 1.54) is 0 Å². The molecule has 0 saturated carbocycles. The van der Waals surface area contributed by atoms with E-state index in [0.717, 1.165) is 67.1 Å². The van der Waals surface area contributed by atoms with E-state index in [9.17, 15) is 9.59 Å². The van der Waals surface area contributed by atoms with Crippen LogP contribution >= 0.6 is 0 Å². The number of hydrogen-bond acceptors (Lipinski definition) is 5. The van der Waals surface area contributed by atoms with E-state index in [-0.39, 0.29) is 17.9 Å². The lowest BCUT2D eigenvalue weighted by molar-refractivity contribution is -0.130. The summed E-state index contributed by atoms with van der Waals surface area (Å²) in [5.74, 6) is 0.215. The summed E-state index contributed by atoms with van der Waals surface area (Å²) in [4.78, 5) is 38.4. The molecule has 3 aromatic heterocycles. The van der Waals surface area contributed by atoms with Gasteiger partial charge in [0.15, 0.2) is 5.65 Å². The molecule has 2 fully saturated rings. The van der Waals surface area contributed by atoms with Crippen molar-refractivity contribution in [3.63, 3.8) is 0 Å². The molecule has 0 aromatic carbocycles. The molecule has 2 aliphatic rings. The number of carbonyl (C=O) groups excluding carboxylic acids is 2. The van der Waals surface area contributed by atoms with Gasteiger partial charge < -0.3 is 9.80 Å². The first-order valence-electron chi connectivity index (χ1n) is 11.9. The summed E-state index contributed by atoms with van der Waals surface area (Å²) in [5, 5.41) is 4.88. The van der Waals surface area contributed by atoms with Gasteiger partial charge in [-0.15, -0.1) is 0 Å². The smallest absolute Gasteiger partial charge is 0.255 e. The summed E-state index contributed by atoms with van der Waals surface area (Å²) in [6.45, 7) is 6.52. The van der Waals surface area contributed by atoms with Crippen molar-refractivity contribution in [2.45, 2.75) is 58.4 Å². The molecular formula is C25H30N6O2. The molecule has 0 bridgehead atoms. The van der Waals surface area contributed by atoms with Crippen LogP contribution in [0.1, 0.15) is 71.1 Å². The highest BCUT2D eigenvalue weighted by Crippen LogP contribution is 2.33. The molecule has 5 heterocycles. The van der Waals surface area contributed by atoms with Crippen molar-refractivity contribution in [3.8, 4) is 0 Å². The molecule has 2 saturated heterocycles. The standard InChI is InChI=1S/C25H30N6O2/c1-17-20(9-10-24(32)29-12-3-4-13-29)18(2)31-23(27-17)15-21(28-31)22-8-6-14-30(22)25(33)19-7-5-11-26-16-19/h5,7,11,15-16,22H,3-4,6,8-10,12-14H2,1-2H3/t22-/m0/s1. The molecule has 3 aromatic rings. The Morgan fingerprint density at radius 2 is 1.94 bits per heavy atom. The summed E-state index contributed by atoms with van der Waals surface area (Å²) >= 11 is 0. The number of aryl methyl sites for hydroxylation is 2. The van der Waals surface area contributed by atoms with Crippen molar-refractivity contribution < 1.29 is 9.59 Å². The molecule has 8 heteroatoms. The summed E-state index contributed by atoms with van der Waals surface area (Å²) in [7, 11) is 0. The maximum Gasteiger partial charge on any atom is 0.255 e. The summed E-state index contributed by atoms with van der Waals surface area (Å²) in [5.41, 5.74) is 5.29. The lowest BCUT2D eigenvalue weighted by Gasteiger charge is -2.23. The highest BCUT2D eigenvalue weighted by Gasteiger charge is 2.33. The zero-order chi connectivity index (χ0) is 22.9. The van der Waals surface area contributed by atoms with E-state index in [1.54, 1.807) is 24.5 Å². The van der Waals surface area contributed by atoms with Crippen LogP contribution in [0.15, 0.2) is 30.6 Å². The van der Waals surface area contributed by atoms with E-state index in [1.807, 2.05) is 34.2 Å². The third-order valence-electron chi connectivity index (χ3n) is 6.99. The summed E-state index contributed by atoms with van der Waals surface area (Å²) in [6.07, 6.45) is 8.49. The molecular weight excluding hydrogens is 416 g/mol. The lowest BCUT2D eigenvalue weighted by atomic mass is 10.1. The van der Waals surface area contributed by atoms with Crippen molar-refractivity contribution in [2.75, 3.05) is 19.6 Å². The van der Waals surface area contributed by atoms with Crippen molar-refractivity contribution in [1.29, 1.82) is 0 Å². The van der Waals surface area contributed by atoms with Gasteiger partial charge in [0.25, 0.3) is 5.91 Å². The van der Waals surface area contributed by atoms with Crippen molar-refractivity contribution in [1.82, 2.24) is 29.4 Å². The Morgan fingerprint density at radius 3 is 2.70 bits per heavy atom. The molecule has 0 radical (unpaired) electrons. The van der Waals surface area contributed by atoms with E-state index in [2.05, 4.69) is 4.98 Å². The molecule has 2 aliphatic heterocycles. The molecule has 1 atom stereocenters. The first-order valence-corrected chi connectivity index (χ1v) is 11.9. The molecule has 172 valence electrons. The largest absolute Gasteiger partial charge is 0.343 e. The number of rotatable bonds is 5. The van der Waals surface area contributed by atoms with Crippen molar-refractivity contribution >= 4 is 17.5 Å². The van der Waals surface area contributed by atoms with Gasteiger partial charge in [-0.25, -0.2) is 9.50 Å². The Kier molecular flexibility index (Phi) is 5.83. The van der Waals surface area contributed by atoms with Gasteiger partial charge in [-0.3, -0.25) is 14.6 Å². The Bertz CT molecular complexity index is 1180. The third-order valence-corrected chi connectivity index (χ3v) is 6.99. The maximum atomic E-state index is 13.1. The fraction of sp³-hybridized carbons (Fsp3) is 0.480.